The molecule has 4 nitrogen and oxygen atoms in total. The minimum Gasteiger partial charge on any atom is -0.492 e. The number of ether oxygens (including phenoxy) is 1. The van der Waals surface area contributed by atoms with Gasteiger partial charge in [0.1, 0.15) is 5.75 Å². The molecule has 0 fully saturated rings. The maximum absolute atomic E-state index is 10.3. The van der Waals surface area contributed by atoms with Crippen molar-refractivity contribution in [3.8, 4) is 5.75 Å². The number of carbonyl (C=O) groups is 1. The molecular formula is C13H17NO3. The Bertz CT molecular complexity index is 384. The van der Waals surface area contributed by atoms with Crippen molar-refractivity contribution in [2.45, 2.75) is 20.3 Å². The van der Waals surface area contributed by atoms with Gasteiger partial charge >= 0.3 is 5.97 Å². The average Bonchev–Trinajstić information content (AvgIpc) is 2.34. The molecule has 0 saturated carbocycles. The maximum atomic E-state index is 10.3. The lowest BCUT2D eigenvalue weighted by Crippen LogP contribution is -2.07. The Morgan fingerprint density at radius 3 is 2.88 bits per heavy atom. The largest absolute Gasteiger partial charge is 0.492 e. The van der Waals surface area contributed by atoms with Crippen LogP contribution in [-0.2, 0) is 4.79 Å². The number of pyridine rings is 1. The summed E-state index contributed by atoms with van der Waals surface area (Å²) >= 11 is 0. The van der Waals surface area contributed by atoms with E-state index in [1.165, 1.54) is 6.08 Å². The third kappa shape index (κ3) is 5.15. The van der Waals surface area contributed by atoms with Crippen molar-refractivity contribution in [3.05, 3.63) is 30.1 Å². The molecule has 0 radical (unpaired) electrons. The van der Waals surface area contributed by atoms with E-state index in [2.05, 4.69) is 18.8 Å². The molecule has 0 amide bonds. The predicted octanol–water partition coefficient (Wildman–Crippen LogP) is 2.60. The Hall–Kier alpha value is -1.84. The standard InChI is InChI=1S/C13H17NO3/c1-3-10(2)9-17-12-6-4-11(14-8-12)5-7-13(15)16/h4-8,10H,3,9H2,1-2H3,(H,15,16). The van der Waals surface area contributed by atoms with Crippen LogP contribution in [0.1, 0.15) is 26.0 Å². The highest BCUT2D eigenvalue weighted by Gasteiger charge is 2.00. The van der Waals surface area contributed by atoms with E-state index in [0.29, 0.717) is 24.0 Å². The van der Waals surface area contributed by atoms with Crippen LogP contribution < -0.4 is 4.74 Å². The Balaban J connectivity index is 2.53. The van der Waals surface area contributed by atoms with E-state index in [1.54, 1.807) is 18.3 Å². The molecule has 1 atom stereocenters. The van der Waals surface area contributed by atoms with Crippen LogP contribution in [0.15, 0.2) is 24.4 Å². The highest BCUT2D eigenvalue weighted by Crippen LogP contribution is 2.12. The van der Waals surface area contributed by atoms with E-state index in [-0.39, 0.29) is 0 Å². The van der Waals surface area contributed by atoms with Gasteiger partial charge in [-0.2, -0.15) is 0 Å². The second-order valence-electron chi connectivity index (χ2n) is 3.91. The van der Waals surface area contributed by atoms with E-state index in [0.717, 1.165) is 12.5 Å². The fourth-order valence-electron chi connectivity index (χ4n) is 1.09. The topological polar surface area (TPSA) is 59.4 Å². The van der Waals surface area contributed by atoms with Gasteiger partial charge in [0.15, 0.2) is 0 Å². The van der Waals surface area contributed by atoms with Crippen LogP contribution in [-0.4, -0.2) is 22.7 Å². The summed E-state index contributed by atoms with van der Waals surface area (Å²) in [6, 6.07) is 3.52. The van der Waals surface area contributed by atoms with Gasteiger partial charge in [0, 0.05) is 6.08 Å². The summed E-state index contributed by atoms with van der Waals surface area (Å²) in [5, 5.41) is 8.46. The van der Waals surface area contributed by atoms with Crippen LogP contribution in [0.5, 0.6) is 5.75 Å². The fourth-order valence-corrected chi connectivity index (χ4v) is 1.09. The van der Waals surface area contributed by atoms with Crippen molar-refractivity contribution in [2.75, 3.05) is 6.61 Å². The molecule has 1 aromatic rings. The molecule has 1 heterocycles. The van der Waals surface area contributed by atoms with Crippen LogP contribution in [0.4, 0.5) is 0 Å². The van der Waals surface area contributed by atoms with Crippen molar-refractivity contribution in [2.24, 2.45) is 5.92 Å². The van der Waals surface area contributed by atoms with Gasteiger partial charge in [0.05, 0.1) is 18.5 Å². The molecular weight excluding hydrogens is 218 g/mol. The molecule has 0 saturated heterocycles. The minimum atomic E-state index is -0.983. The molecule has 92 valence electrons. The van der Waals surface area contributed by atoms with Crippen LogP contribution in [0.25, 0.3) is 6.08 Å². The molecule has 0 aliphatic carbocycles. The SMILES string of the molecule is CCC(C)COc1ccc(C=CC(=O)O)nc1. The molecule has 1 unspecified atom stereocenters. The fraction of sp³-hybridized carbons (Fsp3) is 0.385. The number of aromatic nitrogens is 1. The quantitative estimate of drug-likeness (QED) is 0.770. The number of nitrogens with zero attached hydrogens (tertiary/aromatic N) is 1. The summed E-state index contributed by atoms with van der Waals surface area (Å²) in [5.41, 5.74) is 0.600. The smallest absolute Gasteiger partial charge is 0.328 e. The van der Waals surface area contributed by atoms with E-state index in [1.807, 2.05) is 0 Å². The summed E-state index contributed by atoms with van der Waals surface area (Å²) in [7, 11) is 0. The molecule has 0 bridgehead atoms. The molecule has 17 heavy (non-hydrogen) atoms. The Labute approximate surface area is 101 Å². The summed E-state index contributed by atoms with van der Waals surface area (Å²) in [4.78, 5) is 14.4. The Morgan fingerprint density at radius 2 is 2.35 bits per heavy atom. The zero-order valence-electron chi connectivity index (χ0n) is 10.1. The van der Waals surface area contributed by atoms with Gasteiger partial charge < -0.3 is 9.84 Å². The lowest BCUT2D eigenvalue weighted by molar-refractivity contribution is -0.131. The lowest BCUT2D eigenvalue weighted by atomic mass is 10.1. The highest BCUT2D eigenvalue weighted by molar-refractivity contribution is 5.84. The van der Waals surface area contributed by atoms with E-state index in [4.69, 9.17) is 9.84 Å². The predicted molar refractivity (Wildman–Crippen MR) is 65.9 cm³/mol. The van der Waals surface area contributed by atoms with E-state index < -0.39 is 5.97 Å². The van der Waals surface area contributed by atoms with Crippen LogP contribution in [0.2, 0.25) is 0 Å². The first-order valence-electron chi connectivity index (χ1n) is 5.61. The molecule has 0 aliphatic rings. The first kappa shape index (κ1) is 13.2. The summed E-state index contributed by atoms with van der Waals surface area (Å²) < 4.78 is 5.54. The van der Waals surface area contributed by atoms with Crippen molar-refractivity contribution in [1.82, 2.24) is 4.98 Å². The number of carboxylic acid groups (broad SMARTS) is 1. The maximum Gasteiger partial charge on any atom is 0.328 e. The van der Waals surface area contributed by atoms with Gasteiger partial charge in [-0.1, -0.05) is 20.3 Å². The molecule has 0 aromatic carbocycles. The van der Waals surface area contributed by atoms with Crippen molar-refractivity contribution < 1.29 is 14.6 Å². The van der Waals surface area contributed by atoms with E-state index in [9.17, 15) is 4.79 Å². The van der Waals surface area contributed by atoms with Gasteiger partial charge in [-0.25, -0.2) is 4.79 Å². The normalized spacial score (nSPS) is 12.6. The van der Waals surface area contributed by atoms with Crippen LogP contribution >= 0.6 is 0 Å². The molecule has 4 heteroatoms. The van der Waals surface area contributed by atoms with Gasteiger partial charge in [-0.15, -0.1) is 0 Å². The molecule has 0 spiro atoms. The van der Waals surface area contributed by atoms with Gasteiger partial charge in [-0.3, -0.25) is 4.98 Å². The average molecular weight is 235 g/mol. The van der Waals surface area contributed by atoms with Gasteiger partial charge in [-0.05, 0) is 24.1 Å². The zero-order valence-corrected chi connectivity index (χ0v) is 10.1. The number of hydrogen-bond donors (Lipinski definition) is 1. The van der Waals surface area contributed by atoms with Crippen LogP contribution in [0, 0.1) is 5.92 Å². The second-order valence-corrected chi connectivity index (χ2v) is 3.91. The monoisotopic (exact) mass is 235 g/mol. The van der Waals surface area contributed by atoms with E-state index >= 15 is 0 Å². The number of rotatable bonds is 6. The molecule has 1 N–H and O–H groups in total. The summed E-state index contributed by atoms with van der Waals surface area (Å²) in [6.45, 7) is 4.91. The van der Waals surface area contributed by atoms with Crippen molar-refractivity contribution in [3.63, 3.8) is 0 Å². The Kier molecular flexibility index (Phi) is 5.20. The summed E-state index contributed by atoms with van der Waals surface area (Å²) in [5.74, 6) is 0.239. The first-order chi connectivity index (χ1) is 8.11. The first-order valence-corrected chi connectivity index (χ1v) is 5.61. The second kappa shape index (κ2) is 6.68. The number of aliphatic carboxylic acids is 1. The third-order valence-corrected chi connectivity index (χ3v) is 2.39. The lowest BCUT2D eigenvalue weighted by Gasteiger charge is -2.10. The zero-order chi connectivity index (χ0) is 12.7. The van der Waals surface area contributed by atoms with Gasteiger partial charge in [0.25, 0.3) is 0 Å². The van der Waals surface area contributed by atoms with Crippen LogP contribution in [0.3, 0.4) is 0 Å². The highest BCUT2D eigenvalue weighted by atomic mass is 16.5. The van der Waals surface area contributed by atoms with Crippen molar-refractivity contribution >= 4 is 12.0 Å². The summed E-state index contributed by atoms with van der Waals surface area (Å²) in [6.07, 6.45) is 5.18. The molecule has 1 aromatic heterocycles. The number of carboxylic acids is 1. The third-order valence-electron chi connectivity index (χ3n) is 2.39. The number of hydrogen-bond acceptors (Lipinski definition) is 3. The molecule has 0 aliphatic heterocycles. The molecule has 1 rings (SSSR count). The minimum absolute atomic E-state index is 0.515. The van der Waals surface area contributed by atoms with Gasteiger partial charge in [0.2, 0.25) is 0 Å². The van der Waals surface area contributed by atoms with Crippen molar-refractivity contribution in [1.29, 1.82) is 0 Å². The Morgan fingerprint density at radius 1 is 1.59 bits per heavy atom.